The largest absolute Gasteiger partial charge is 0.361 e. The normalized spacial score (nSPS) is 10.8. The molecule has 0 aliphatic rings. The van der Waals surface area contributed by atoms with Crippen LogP contribution in [0, 0.1) is 0 Å². The molecule has 0 aliphatic heterocycles. The van der Waals surface area contributed by atoms with Crippen LogP contribution >= 0.6 is 15.9 Å². The maximum Gasteiger partial charge on any atom is 0.0460 e. The number of hydrogen-bond donors (Lipinski definition) is 1. The zero-order valence-electron chi connectivity index (χ0n) is 8.57. The van der Waals surface area contributed by atoms with E-state index in [1.807, 2.05) is 6.07 Å². The molecule has 0 spiro atoms. The summed E-state index contributed by atoms with van der Waals surface area (Å²) >= 11 is 3.45. The molecule has 16 heavy (non-hydrogen) atoms. The maximum absolute atomic E-state index is 3.45. The molecule has 0 radical (unpaired) electrons. The Bertz CT molecular complexity index is 623. The lowest BCUT2D eigenvalue weighted by molar-refractivity contribution is 1.47. The van der Waals surface area contributed by atoms with Gasteiger partial charge in [0.2, 0.25) is 0 Å². The first-order valence-electron chi connectivity index (χ1n) is 5.17. The molecule has 0 atom stereocenters. The molecule has 1 aromatic heterocycles. The highest BCUT2D eigenvalue weighted by Crippen LogP contribution is 2.29. The van der Waals surface area contributed by atoms with E-state index in [2.05, 4.69) is 69.6 Å². The lowest BCUT2D eigenvalue weighted by Gasteiger charge is -1.99. The minimum atomic E-state index is 1.11. The van der Waals surface area contributed by atoms with Crippen LogP contribution in [0.25, 0.3) is 22.0 Å². The summed E-state index contributed by atoms with van der Waals surface area (Å²) in [6, 6.07) is 16.7. The minimum Gasteiger partial charge on any atom is -0.361 e. The van der Waals surface area contributed by atoms with E-state index in [0.717, 1.165) is 4.47 Å². The number of H-pyrrole nitrogens is 1. The van der Waals surface area contributed by atoms with Gasteiger partial charge in [-0.1, -0.05) is 46.3 Å². The van der Waals surface area contributed by atoms with Crippen LogP contribution in [0.4, 0.5) is 0 Å². The van der Waals surface area contributed by atoms with Crippen molar-refractivity contribution < 1.29 is 0 Å². The van der Waals surface area contributed by atoms with Gasteiger partial charge in [-0.05, 0) is 23.8 Å². The lowest BCUT2D eigenvalue weighted by Crippen LogP contribution is -1.74. The molecular weight excluding hydrogens is 262 g/mol. The predicted octanol–water partition coefficient (Wildman–Crippen LogP) is 4.60. The second-order valence-corrected chi connectivity index (χ2v) is 4.67. The van der Waals surface area contributed by atoms with E-state index in [4.69, 9.17) is 0 Å². The topological polar surface area (TPSA) is 15.8 Å². The number of halogens is 1. The Morgan fingerprint density at radius 1 is 0.875 bits per heavy atom. The monoisotopic (exact) mass is 271 g/mol. The van der Waals surface area contributed by atoms with Crippen LogP contribution in [0.5, 0.6) is 0 Å². The summed E-state index contributed by atoms with van der Waals surface area (Å²) in [5.41, 5.74) is 3.67. The zero-order valence-corrected chi connectivity index (χ0v) is 10.2. The summed E-state index contributed by atoms with van der Waals surface area (Å²) in [6.07, 6.45) is 2.06. The Balaban J connectivity index is 2.22. The molecule has 0 saturated heterocycles. The van der Waals surface area contributed by atoms with Crippen molar-refractivity contribution in [2.75, 3.05) is 0 Å². The van der Waals surface area contributed by atoms with Gasteiger partial charge >= 0.3 is 0 Å². The molecule has 78 valence electrons. The molecule has 0 saturated carbocycles. The van der Waals surface area contributed by atoms with Crippen LogP contribution < -0.4 is 0 Å². The minimum absolute atomic E-state index is 1.11. The summed E-state index contributed by atoms with van der Waals surface area (Å²) < 4.78 is 1.11. The molecule has 0 unspecified atom stereocenters. The number of aromatic nitrogens is 1. The molecule has 0 amide bonds. The van der Waals surface area contributed by atoms with E-state index >= 15 is 0 Å². The fourth-order valence-electron chi connectivity index (χ4n) is 1.94. The van der Waals surface area contributed by atoms with E-state index in [-0.39, 0.29) is 0 Å². The Hall–Kier alpha value is -1.54. The van der Waals surface area contributed by atoms with Gasteiger partial charge in [0, 0.05) is 27.1 Å². The van der Waals surface area contributed by atoms with Gasteiger partial charge in [-0.2, -0.15) is 0 Å². The Morgan fingerprint density at radius 3 is 2.44 bits per heavy atom. The first kappa shape index (κ1) is 9.67. The number of hydrogen-bond acceptors (Lipinski definition) is 0. The van der Waals surface area contributed by atoms with E-state index in [1.165, 1.54) is 22.0 Å². The third-order valence-electron chi connectivity index (χ3n) is 2.74. The van der Waals surface area contributed by atoms with Crippen LogP contribution in [0.15, 0.2) is 59.2 Å². The smallest absolute Gasteiger partial charge is 0.0460 e. The highest BCUT2D eigenvalue weighted by atomic mass is 79.9. The Morgan fingerprint density at radius 2 is 1.62 bits per heavy atom. The van der Waals surface area contributed by atoms with Gasteiger partial charge < -0.3 is 4.98 Å². The molecule has 1 heterocycles. The summed E-state index contributed by atoms with van der Waals surface area (Å²) in [5, 5.41) is 1.27. The van der Waals surface area contributed by atoms with E-state index in [0.29, 0.717) is 0 Å². The summed E-state index contributed by atoms with van der Waals surface area (Å²) in [6.45, 7) is 0. The highest BCUT2D eigenvalue weighted by Gasteiger charge is 2.04. The van der Waals surface area contributed by atoms with Crippen molar-refractivity contribution in [1.82, 2.24) is 4.98 Å². The first-order chi connectivity index (χ1) is 7.84. The van der Waals surface area contributed by atoms with Crippen LogP contribution in [0.1, 0.15) is 0 Å². The Kier molecular flexibility index (Phi) is 2.29. The van der Waals surface area contributed by atoms with Crippen molar-refractivity contribution in [2.24, 2.45) is 0 Å². The maximum atomic E-state index is 3.45. The standard InChI is InChI=1S/C14H10BrN/c15-11-7-5-10(6-8-11)13-9-16-14-4-2-1-3-12(13)14/h1-9,16H. The number of nitrogens with one attached hydrogen (secondary N) is 1. The Labute approximate surface area is 102 Å². The van der Waals surface area contributed by atoms with Crippen molar-refractivity contribution in [3.63, 3.8) is 0 Å². The number of rotatable bonds is 1. The third-order valence-corrected chi connectivity index (χ3v) is 3.27. The van der Waals surface area contributed by atoms with Crippen molar-refractivity contribution in [1.29, 1.82) is 0 Å². The van der Waals surface area contributed by atoms with Crippen LogP contribution in [-0.4, -0.2) is 4.98 Å². The molecule has 1 nitrogen and oxygen atoms in total. The predicted molar refractivity (Wildman–Crippen MR) is 71.4 cm³/mol. The van der Waals surface area contributed by atoms with Crippen molar-refractivity contribution >= 4 is 26.8 Å². The SMILES string of the molecule is Brc1ccc(-c2c[nH]c3ccccc23)cc1. The van der Waals surface area contributed by atoms with Gasteiger partial charge in [0.1, 0.15) is 0 Å². The van der Waals surface area contributed by atoms with Crippen LogP contribution in [0.3, 0.4) is 0 Å². The van der Waals surface area contributed by atoms with E-state index in [9.17, 15) is 0 Å². The van der Waals surface area contributed by atoms with Gasteiger partial charge in [0.05, 0.1) is 0 Å². The van der Waals surface area contributed by atoms with Gasteiger partial charge in [-0.25, -0.2) is 0 Å². The van der Waals surface area contributed by atoms with Gasteiger partial charge in [-0.3, -0.25) is 0 Å². The van der Waals surface area contributed by atoms with Gasteiger partial charge in [0.25, 0.3) is 0 Å². The van der Waals surface area contributed by atoms with Crippen molar-refractivity contribution in [3.8, 4) is 11.1 Å². The highest BCUT2D eigenvalue weighted by molar-refractivity contribution is 9.10. The third kappa shape index (κ3) is 1.55. The van der Waals surface area contributed by atoms with E-state index in [1.54, 1.807) is 0 Å². The second kappa shape index (κ2) is 3.80. The van der Waals surface area contributed by atoms with Gasteiger partial charge in [0.15, 0.2) is 0 Å². The molecule has 2 heteroatoms. The molecule has 0 bridgehead atoms. The average Bonchev–Trinajstić information content (AvgIpc) is 2.74. The lowest BCUT2D eigenvalue weighted by atomic mass is 10.1. The summed E-state index contributed by atoms with van der Waals surface area (Å²) in [4.78, 5) is 3.29. The zero-order chi connectivity index (χ0) is 11.0. The quantitative estimate of drug-likeness (QED) is 0.666. The number of benzene rings is 2. The molecule has 0 fully saturated rings. The van der Waals surface area contributed by atoms with Crippen molar-refractivity contribution in [2.45, 2.75) is 0 Å². The molecular formula is C14H10BrN. The fraction of sp³-hybridized carbons (Fsp3) is 0. The summed E-state index contributed by atoms with van der Waals surface area (Å²) in [7, 11) is 0. The van der Waals surface area contributed by atoms with Crippen LogP contribution in [0.2, 0.25) is 0 Å². The number of para-hydroxylation sites is 1. The number of fused-ring (bicyclic) bond motifs is 1. The van der Waals surface area contributed by atoms with E-state index < -0.39 is 0 Å². The second-order valence-electron chi connectivity index (χ2n) is 3.75. The molecule has 3 aromatic rings. The number of aromatic amines is 1. The van der Waals surface area contributed by atoms with Crippen LogP contribution in [-0.2, 0) is 0 Å². The molecule has 1 N–H and O–H groups in total. The molecule has 3 rings (SSSR count). The molecule has 2 aromatic carbocycles. The first-order valence-corrected chi connectivity index (χ1v) is 5.96. The van der Waals surface area contributed by atoms with Gasteiger partial charge in [-0.15, -0.1) is 0 Å². The fourth-order valence-corrected chi connectivity index (χ4v) is 2.20. The van der Waals surface area contributed by atoms with Crippen molar-refractivity contribution in [3.05, 3.63) is 59.2 Å². The molecule has 0 aliphatic carbocycles. The average molecular weight is 272 g/mol. The summed E-state index contributed by atoms with van der Waals surface area (Å²) in [5.74, 6) is 0.